The first-order chi connectivity index (χ1) is 9.28. The number of para-hydroxylation sites is 1. The van der Waals surface area contributed by atoms with Crippen molar-refractivity contribution in [3.05, 3.63) is 65.2 Å². The number of methoxy groups -OCH3 is 1. The van der Waals surface area contributed by atoms with Crippen molar-refractivity contribution < 1.29 is 4.74 Å². The number of fused-ring (bicyclic) bond motifs is 1. The molecule has 0 N–H and O–H groups in total. The highest BCUT2D eigenvalue weighted by Gasteiger charge is 2.08. The SMILES string of the molecule is COc1ccccc1Cc1ncc2ccc(Cl)cn12. The molecule has 1 aromatic carbocycles. The maximum Gasteiger partial charge on any atom is 0.122 e. The number of benzene rings is 1. The minimum absolute atomic E-state index is 0.701. The van der Waals surface area contributed by atoms with Crippen LogP contribution in [0.1, 0.15) is 11.4 Å². The quantitative estimate of drug-likeness (QED) is 0.728. The first-order valence-corrected chi connectivity index (χ1v) is 6.39. The van der Waals surface area contributed by atoms with Crippen LogP contribution >= 0.6 is 11.6 Å². The number of rotatable bonds is 3. The fourth-order valence-corrected chi connectivity index (χ4v) is 2.33. The molecule has 19 heavy (non-hydrogen) atoms. The van der Waals surface area contributed by atoms with Gasteiger partial charge in [0.1, 0.15) is 11.6 Å². The molecule has 0 unspecified atom stereocenters. The maximum atomic E-state index is 6.04. The molecular weight excluding hydrogens is 260 g/mol. The molecule has 0 amide bonds. The van der Waals surface area contributed by atoms with Crippen molar-refractivity contribution >= 4 is 17.1 Å². The smallest absolute Gasteiger partial charge is 0.122 e. The van der Waals surface area contributed by atoms with Crippen LogP contribution in [0.3, 0.4) is 0 Å². The summed E-state index contributed by atoms with van der Waals surface area (Å²) < 4.78 is 7.38. The Bertz CT molecular complexity index is 721. The molecule has 2 heterocycles. The first-order valence-electron chi connectivity index (χ1n) is 6.01. The lowest BCUT2D eigenvalue weighted by Crippen LogP contribution is -1.98. The molecule has 96 valence electrons. The van der Waals surface area contributed by atoms with Crippen LogP contribution in [-0.4, -0.2) is 16.5 Å². The van der Waals surface area contributed by atoms with Gasteiger partial charge in [0.15, 0.2) is 0 Å². The summed E-state index contributed by atoms with van der Waals surface area (Å²) in [6.45, 7) is 0. The second-order valence-electron chi connectivity index (χ2n) is 4.31. The largest absolute Gasteiger partial charge is 0.496 e. The molecule has 0 atom stereocenters. The van der Waals surface area contributed by atoms with E-state index in [1.165, 1.54) is 0 Å². The minimum atomic E-state index is 0.701. The van der Waals surface area contributed by atoms with Crippen LogP contribution in [0.25, 0.3) is 5.52 Å². The molecule has 0 saturated heterocycles. The van der Waals surface area contributed by atoms with Crippen LogP contribution in [-0.2, 0) is 6.42 Å². The summed E-state index contributed by atoms with van der Waals surface area (Å²) in [6.07, 6.45) is 4.44. The molecule has 2 aromatic heterocycles. The predicted octanol–water partition coefficient (Wildman–Crippen LogP) is 3.59. The van der Waals surface area contributed by atoms with Gasteiger partial charge in [0.25, 0.3) is 0 Å². The van der Waals surface area contributed by atoms with Gasteiger partial charge in [-0.3, -0.25) is 0 Å². The summed E-state index contributed by atoms with van der Waals surface area (Å²) in [5, 5.41) is 0.701. The Morgan fingerprint density at radius 2 is 2.05 bits per heavy atom. The number of nitrogens with zero attached hydrogens (tertiary/aromatic N) is 2. The topological polar surface area (TPSA) is 26.5 Å². The molecule has 3 nitrogen and oxygen atoms in total. The number of imidazole rings is 1. The highest BCUT2D eigenvalue weighted by atomic mass is 35.5. The number of hydrogen-bond donors (Lipinski definition) is 0. The number of ether oxygens (including phenoxy) is 1. The predicted molar refractivity (Wildman–Crippen MR) is 76.0 cm³/mol. The van der Waals surface area contributed by atoms with Gasteiger partial charge in [-0.05, 0) is 18.2 Å². The molecule has 0 aliphatic rings. The molecule has 0 aliphatic heterocycles. The van der Waals surface area contributed by atoms with Gasteiger partial charge in [-0.2, -0.15) is 0 Å². The van der Waals surface area contributed by atoms with Crippen molar-refractivity contribution in [3.63, 3.8) is 0 Å². The normalized spacial score (nSPS) is 10.8. The van der Waals surface area contributed by atoms with Gasteiger partial charge >= 0.3 is 0 Å². The monoisotopic (exact) mass is 272 g/mol. The van der Waals surface area contributed by atoms with Crippen molar-refractivity contribution in [1.82, 2.24) is 9.38 Å². The zero-order valence-electron chi connectivity index (χ0n) is 10.5. The van der Waals surface area contributed by atoms with Crippen molar-refractivity contribution in [2.75, 3.05) is 7.11 Å². The molecule has 4 heteroatoms. The number of hydrogen-bond acceptors (Lipinski definition) is 2. The standard InChI is InChI=1S/C15H13ClN2O/c1-19-14-5-3-2-4-11(14)8-15-17-9-13-7-6-12(16)10-18(13)15/h2-7,9-10H,8H2,1H3. The van der Waals surface area contributed by atoms with E-state index in [2.05, 4.69) is 4.98 Å². The Balaban J connectivity index is 2.03. The molecule has 3 rings (SSSR count). The van der Waals surface area contributed by atoms with Crippen molar-refractivity contribution in [1.29, 1.82) is 0 Å². The van der Waals surface area contributed by atoms with Gasteiger partial charge in [-0.25, -0.2) is 4.98 Å². The van der Waals surface area contributed by atoms with Crippen LogP contribution < -0.4 is 4.74 Å². The number of aromatic nitrogens is 2. The number of halogens is 1. The second kappa shape index (κ2) is 4.94. The summed E-state index contributed by atoms with van der Waals surface area (Å²) in [6, 6.07) is 11.8. The van der Waals surface area contributed by atoms with Gasteiger partial charge in [0.05, 0.1) is 23.8 Å². The van der Waals surface area contributed by atoms with Crippen LogP contribution in [0.4, 0.5) is 0 Å². The van der Waals surface area contributed by atoms with Crippen LogP contribution in [0.2, 0.25) is 5.02 Å². The Morgan fingerprint density at radius 3 is 2.89 bits per heavy atom. The van der Waals surface area contributed by atoms with E-state index >= 15 is 0 Å². The van der Waals surface area contributed by atoms with Gasteiger partial charge < -0.3 is 9.14 Å². The summed E-state index contributed by atoms with van der Waals surface area (Å²) in [4.78, 5) is 4.46. The average molecular weight is 273 g/mol. The summed E-state index contributed by atoms with van der Waals surface area (Å²) in [7, 11) is 1.68. The molecule has 3 aromatic rings. The van der Waals surface area contributed by atoms with E-state index in [0.717, 1.165) is 22.7 Å². The summed E-state index contributed by atoms with van der Waals surface area (Å²) in [5.41, 5.74) is 2.15. The minimum Gasteiger partial charge on any atom is -0.496 e. The molecule has 0 bridgehead atoms. The lowest BCUT2D eigenvalue weighted by molar-refractivity contribution is 0.410. The van der Waals surface area contributed by atoms with Gasteiger partial charge in [0.2, 0.25) is 0 Å². The van der Waals surface area contributed by atoms with Crippen LogP contribution in [0.5, 0.6) is 5.75 Å². The zero-order chi connectivity index (χ0) is 13.2. The lowest BCUT2D eigenvalue weighted by atomic mass is 10.1. The zero-order valence-corrected chi connectivity index (χ0v) is 11.3. The van der Waals surface area contributed by atoms with E-state index in [1.54, 1.807) is 7.11 Å². The van der Waals surface area contributed by atoms with Gasteiger partial charge in [-0.1, -0.05) is 29.8 Å². The van der Waals surface area contributed by atoms with E-state index in [-0.39, 0.29) is 0 Å². The highest BCUT2D eigenvalue weighted by Crippen LogP contribution is 2.21. The Hall–Kier alpha value is -2.00. The van der Waals surface area contributed by atoms with Gasteiger partial charge in [-0.15, -0.1) is 0 Å². The van der Waals surface area contributed by atoms with E-state index in [1.807, 2.05) is 53.2 Å². The third kappa shape index (κ3) is 2.29. The molecule has 0 fully saturated rings. The molecule has 0 radical (unpaired) electrons. The van der Waals surface area contributed by atoms with Gasteiger partial charge in [0, 0.05) is 18.2 Å². The summed E-state index contributed by atoms with van der Waals surface area (Å²) >= 11 is 6.04. The average Bonchev–Trinajstić information content (AvgIpc) is 2.82. The Labute approximate surface area is 116 Å². The Kier molecular flexibility index (Phi) is 3.13. The Morgan fingerprint density at radius 1 is 1.21 bits per heavy atom. The lowest BCUT2D eigenvalue weighted by Gasteiger charge is -2.07. The van der Waals surface area contributed by atoms with E-state index in [9.17, 15) is 0 Å². The molecular formula is C15H13ClN2O. The maximum absolute atomic E-state index is 6.04. The fourth-order valence-electron chi connectivity index (χ4n) is 2.17. The third-order valence-electron chi connectivity index (χ3n) is 3.11. The summed E-state index contributed by atoms with van der Waals surface area (Å²) in [5.74, 6) is 1.82. The molecule has 0 spiro atoms. The van der Waals surface area contributed by atoms with Crippen LogP contribution in [0.15, 0.2) is 48.8 Å². The molecule has 0 aliphatic carbocycles. The van der Waals surface area contributed by atoms with E-state index in [0.29, 0.717) is 11.4 Å². The van der Waals surface area contributed by atoms with Crippen molar-refractivity contribution in [2.24, 2.45) is 0 Å². The van der Waals surface area contributed by atoms with Crippen molar-refractivity contribution in [2.45, 2.75) is 6.42 Å². The van der Waals surface area contributed by atoms with E-state index < -0.39 is 0 Å². The fraction of sp³-hybridized carbons (Fsp3) is 0.133. The molecule has 0 saturated carbocycles. The van der Waals surface area contributed by atoms with Crippen molar-refractivity contribution in [3.8, 4) is 5.75 Å². The number of pyridine rings is 1. The first kappa shape index (κ1) is 12.1. The second-order valence-corrected chi connectivity index (χ2v) is 4.74. The van der Waals surface area contributed by atoms with E-state index in [4.69, 9.17) is 16.3 Å². The third-order valence-corrected chi connectivity index (χ3v) is 3.33. The highest BCUT2D eigenvalue weighted by molar-refractivity contribution is 6.30. The van der Waals surface area contributed by atoms with Crippen LogP contribution in [0, 0.1) is 0 Å².